The van der Waals surface area contributed by atoms with Crippen molar-refractivity contribution in [2.24, 2.45) is 0 Å². The van der Waals surface area contributed by atoms with Gasteiger partial charge in [-0.15, -0.1) is 0 Å². The molecular formula is C19H20N2O2. The number of nitrogens with one attached hydrogen (secondary N) is 2. The molecule has 118 valence electrons. The molecule has 0 aromatic heterocycles. The van der Waals surface area contributed by atoms with Crippen LogP contribution >= 0.6 is 0 Å². The Morgan fingerprint density at radius 2 is 1.96 bits per heavy atom. The van der Waals surface area contributed by atoms with Crippen LogP contribution in [0.25, 0.3) is 0 Å². The van der Waals surface area contributed by atoms with Crippen LogP contribution in [0.3, 0.4) is 0 Å². The van der Waals surface area contributed by atoms with Gasteiger partial charge in [-0.25, -0.2) is 0 Å². The maximum absolute atomic E-state index is 12.8. The minimum atomic E-state index is -0.344. The fourth-order valence-electron chi connectivity index (χ4n) is 3.17. The molecule has 0 bridgehead atoms. The summed E-state index contributed by atoms with van der Waals surface area (Å²) >= 11 is 0. The average molecular weight is 308 g/mol. The number of rotatable bonds is 3. The van der Waals surface area contributed by atoms with Crippen molar-refractivity contribution in [2.75, 3.05) is 18.5 Å². The number of anilines is 1. The van der Waals surface area contributed by atoms with Crippen LogP contribution in [0, 0.1) is 0 Å². The summed E-state index contributed by atoms with van der Waals surface area (Å²) in [7, 11) is 0. The third-order valence-electron chi connectivity index (χ3n) is 4.68. The molecule has 23 heavy (non-hydrogen) atoms. The van der Waals surface area contributed by atoms with Crippen molar-refractivity contribution in [3.8, 4) is 5.75 Å². The predicted octanol–water partition coefficient (Wildman–Crippen LogP) is 2.84. The van der Waals surface area contributed by atoms with Crippen molar-refractivity contribution in [3.05, 3.63) is 59.7 Å². The Bertz CT molecular complexity index is 723. The molecule has 0 spiro atoms. The highest BCUT2D eigenvalue weighted by Crippen LogP contribution is 2.49. The normalized spacial score (nSPS) is 18.3. The van der Waals surface area contributed by atoms with Crippen molar-refractivity contribution in [1.82, 2.24) is 5.32 Å². The summed E-state index contributed by atoms with van der Waals surface area (Å²) in [6.07, 6.45) is 1.83. The largest absolute Gasteiger partial charge is 0.492 e. The zero-order chi connectivity index (χ0) is 15.7. The van der Waals surface area contributed by atoms with E-state index in [1.165, 1.54) is 0 Å². The Kier molecular flexibility index (Phi) is 3.54. The van der Waals surface area contributed by atoms with Crippen LogP contribution in [-0.2, 0) is 16.8 Å². The molecule has 0 atom stereocenters. The molecule has 1 aliphatic heterocycles. The van der Waals surface area contributed by atoms with Crippen LogP contribution in [0.2, 0.25) is 0 Å². The third kappa shape index (κ3) is 2.70. The number of ether oxygens (including phenoxy) is 1. The summed E-state index contributed by atoms with van der Waals surface area (Å²) in [4.78, 5) is 12.8. The molecule has 2 aromatic rings. The van der Waals surface area contributed by atoms with Gasteiger partial charge in [0.15, 0.2) is 0 Å². The van der Waals surface area contributed by atoms with Gasteiger partial charge in [0.2, 0.25) is 5.91 Å². The lowest BCUT2D eigenvalue weighted by Gasteiger charge is -2.16. The van der Waals surface area contributed by atoms with Crippen LogP contribution in [-0.4, -0.2) is 19.1 Å². The number of carbonyl (C=O) groups is 1. The van der Waals surface area contributed by atoms with Crippen LogP contribution in [0.4, 0.5) is 5.69 Å². The van der Waals surface area contributed by atoms with Gasteiger partial charge >= 0.3 is 0 Å². The first-order valence-electron chi connectivity index (χ1n) is 8.11. The minimum absolute atomic E-state index is 0.0890. The third-order valence-corrected chi connectivity index (χ3v) is 4.68. The van der Waals surface area contributed by atoms with Crippen LogP contribution in [0.15, 0.2) is 48.5 Å². The number of amides is 1. The van der Waals surface area contributed by atoms with Crippen LogP contribution < -0.4 is 15.4 Å². The standard InChI is InChI=1S/C19H20N2O2/c22-18(19(8-9-19)15-4-2-1-3-5-15)21-16-6-7-17-14(12-16)13-20-10-11-23-17/h1-7,12,20H,8-11,13H2,(H,21,22). The SMILES string of the molecule is O=C(Nc1ccc2c(c1)CNCCO2)C1(c2ccccc2)CC1. The second-order valence-corrected chi connectivity index (χ2v) is 6.25. The zero-order valence-corrected chi connectivity index (χ0v) is 13.0. The van der Waals surface area contributed by atoms with Crippen molar-refractivity contribution >= 4 is 11.6 Å². The average Bonchev–Trinajstić information content (AvgIpc) is 3.40. The van der Waals surface area contributed by atoms with Gasteiger partial charge in [-0.1, -0.05) is 30.3 Å². The summed E-state index contributed by atoms with van der Waals surface area (Å²) in [6.45, 7) is 2.28. The molecule has 1 saturated carbocycles. The van der Waals surface area contributed by atoms with Gasteiger partial charge in [-0.3, -0.25) is 4.79 Å². The molecule has 0 radical (unpaired) electrons. The van der Waals surface area contributed by atoms with Gasteiger partial charge in [0, 0.05) is 24.3 Å². The number of carbonyl (C=O) groups excluding carboxylic acids is 1. The Labute approximate surface area is 135 Å². The molecule has 1 heterocycles. The second kappa shape index (κ2) is 5.70. The van der Waals surface area contributed by atoms with Gasteiger partial charge in [0.05, 0.1) is 5.41 Å². The maximum Gasteiger partial charge on any atom is 0.235 e. The Morgan fingerprint density at radius 1 is 1.13 bits per heavy atom. The fraction of sp³-hybridized carbons (Fsp3) is 0.316. The topological polar surface area (TPSA) is 50.4 Å². The van der Waals surface area contributed by atoms with E-state index < -0.39 is 0 Å². The van der Waals surface area contributed by atoms with Gasteiger partial charge in [-0.05, 0) is 36.6 Å². The molecule has 1 fully saturated rings. The molecule has 2 aliphatic rings. The van der Waals surface area contributed by atoms with Crippen molar-refractivity contribution < 1.29 is 9.53 Å². The first-order valence-corrected chi connectivity index (χ1v) is 8.11. The van der Waals surface area contributed by atoms with E-state index in [4.69, 9.17) is 4.74 Å². The van der Waals surface area contributed by atoms with E-state index in [1.807, 2.05) is 48.5 Å². The summed E-state index contributed by atoms with van der Waals surface area (Å²) in [5.41, 5.74) is 2.69. The number of hydrogen-bond donors (Lipinski definition) is 2. The van der Waals surface area contributed by atoms with Crippen LogP contribution in [0.5, 0.6) is 5.75 Å². The smallest absolute Gasteiger partial charge is 0.235 e. The van der Waals surface area contributed by atoms with Crippen molar-refractivity contribution in [1.29, 1.82) is 0 Å². The number of benzene rings is 2. The molecule has 0 unspecified atom stereocenters. The van der Waals surface area contributed by atoms with Gasteiger partial charge in [0.1, 0.15) is 12.4 Å². The van der Waals surface area contributed by atoms with E-state index in [0.29, 0.717) is 6.61 Å². The van der Waals surface area contributed by atoms with Crippen LogP contribution in [0.1, 0.15) is 24.0 Å². The quantitative estimate of drug-likeness (QED) is 0.917. The summed E-state index contributed by atoms with van der Waals surface area (Å²) < 4.78 is 5.68. The van der Waals surface area contributed by atoms with E-state index in [9.17, 15) is 4.79 Å². The zero-order valence-electron chi connectivity index (χ0n) is 13.0. The Balaban J connectivity index is 1.54. The monoisotopic (exact) mass is 308 g/mol. The van der Waals surface area contributed by atoms with E-state index >= 15 is 0 Å². The lowest BCUT2D eigenvalue weighted by Crippen LogP contribution is -2.27. The molecular weight excluding hydrogens is 288 g/mol. The molecule has 2 N–H and O–H groups in total. The predicted molar refractivity (Wildman–Crippen MR) is 89.6 cm³/mol. The number of fused-ring (bicyclic) bond motifs is 1. The van der Waals surface area contributed by atoms with Crippen molar-refractivity contribution in [2.45, 2.75) is 24.8 Å². The van der Waals surface area contributed by atoms with E-state index in [0.717, 1.165) is 48.5 Å². The van der Waals surface area contributed by atoms with Gasteiger partial charge in [-0.2, -0.15) is 0 Å². The lowest BCUT2D eigenvalue weighted by molar-refractivity contribution is -0.118. The highest BCUT2D eigenvalue weighted by atomic mass is 16.5. The highest BCUT2D eigenvalue weighted by Gasteiger charge is 2.51. The summed E-state index contributed by atoms with van der Waals surface area (Å²) in [6, 6.07) is 15.9. The Morgan fingerprint density at radius 3 is 2.74 bits per heavy atom. The molecule has 0 saturated heterocycles. The van der Waals surface area contributed by atoms with E-state index in [-0.39, 0.29) is 11.3 Å². The first kappa shape index (κ1) is 14.3. The first-order chi connectivity index (χ1) is 11.3. The Hall–Kier alpha value is -2.33. The summed E-state index contributed by atoms with van der Waals surface area (Å²) in [5, 5.41) is 6.41. The minimum Gasteiger partial charge on any atom is -0.492 e. The second-order valence-electron chi connectivity index (χ2n) is 6.25. The lowest BCUT2D eigenvalue weighted by atomic mass is 9.95. The fourth-order valence-corrected chi connectivity index (χ4v) is 3.17. The number of hydrogen-bond acceptors (Lipinski definition) is 3. The molecule has 4 heteroatoms. The van der Waals surface area contributed by atoms with Crippen molar-refractivity contribution in [3.63, 3.8) is 0 Å². The molecule has 1 amide bonds. The molecule has 1 aliphatic carbocycles. The molecule has 2 aromatic carbocycles. The highest BCUT2D eigenvalue weighted by molar-refractivity contribution is 6.01. The van der Waals surface area contributed by atoms with Gasteiger partial charge in [0.25, 0.3) is 0 Å². The van der Waals surface area contributed by atoms with E-state index in [1.54, 1.807) is 0 Å². The summed E-state index contributed by atoms with van der Waals surface area (Å²) in [5.74, 6) is 0.989. The van der Waals surface area contributed by atoms with E-state index in [2.05, 4.69) is 10.6 Å². The van der Waals surface area contributed by atoms with Gasteiger partial charge < -0.3 is 15.4 Å². The maximum atomic E-state index is 12.8. The molecule has 4 nitrogen and oxygen atoms in total. The molecule has 4 rings (SSSR count).